The van der Waals surface area contributed by atoms with Gasteiger partial charge in [0.1, 0.15) is 6.29 Å². The van der Waals surface area contributed by atoms with Crippen molar-refractivity contribution in [3.05, 3.63) is 35.4 Å². The van der Waals surface area contributed by atoms with E-state index in [9.17, 15) is 9.59 Å². The molecule has 15 heavy (non-hydrogen) atoms. The zero-order valence-corrected chi connectivity index (χ0v) is 10.2. The number of benzene rings is 1. The van der Waals surface area contributed by atoms with Gasteiger partial charge in [-0.05, 0) is 18.1 Å². The predicted octanol–water partition coefficient (Wildman–Crippen LogP) is -2.05. The zero-order chi connectivity index (χ0) is 11.0. The number of aromatic carboxylic acids is 1. The number of carbonyl (C=O) groups excluding carboxylic acids is 1. The van der Waals surface area contributed by atoms with Gasteiger partial charge in [0.15, 0.2) is 0 Å². The molecule has 1 aromatic carbocycles. The molecule has 0 atom stereocenters. The Bertz CT molecular complexity index is 381. The molecule has 0 heterocycles. The van der Waals surface area contributed by atoms with Crippen LogP contribution in [0.15, 0.2) is 24.3 Å². The fourth-order valence-electron chi connectivity index (χ4n) is 0.745. The number of nitrogens with zero attached hydrogens (tertiary/aromatic N) is 1. The SMILES string of the molecule is O=Cc1cccc(C(=O)O)c1.[B]C#N.[H-].[Na+]. The zero-order valence-electron chi connectivity index (χ0n) is 9.18. The molecule has 1 rings (SSSR count). The number of carboxylic acids is 1. The van der Waals surface area contributed by atoms with Crippen molar-refractivity contribution in [2.75, 3.05) is 0 Å². The van der Waals surface area contributed by atoms with Crippen LogP contribution < -0.4 is 29.6 Å². The van der Waals surface area contributed by atoms with E-state index in [0.29, 0.717) is 11.8 Å². The van der Waals surface area contributed by atoms with Crippen molar-refractivity contribution in [1.82, 2.24) is 0 Å². The molecule has 6 heteroatoms. The summed E-state index contributed by atoms with van der Waals surface area (Å²) in [5.74, 6) is 0.230. The van der Waals surface area contributed by atoms with Gasteiger partial charge in [-0.2, -0.15) is 0 Å². The molecule has 0 amide bonds. The van der Waals surface area contributed by atoms with E-state index in [0.717, 1.165) is 0 Å². The van der Waals surface area contributed by atoms with E-state index in [1.54, 1.807) is 6.07 Å². The first-order valence-corrected chi connectivity index (χ1v) is 3.54. The summed E-state index contributed by atoms with van der Waals surface area (Å²) < 4.78 is 0. The molecule has 0 saturated carbocycles. The third-order valence-electron chi connectivity index (χ3n) is 1.27. The fourth-order valence-corrected chi connectivity index (χ4v) is 0.745. The number of rotatable bonds is 2. The Hall–Kier alpha value is -1.09. The van der Waals surface area contributed by atoms with Gasteiger partial charge >= 0.3 is 35.5 Å². The Morgan fingerprint density at radius 2 is 2.13 bits per heavy atom. The van der Waals surface area contributed by atoms with Gasteiger partial charge < -0.3 is 6.53 Å². The number of hydrogen-bond donors (Lipinski definition) is 1. The molecule has 0 fully saturated rings. The predicted molar refractivity (Wildman–Crippen MR) is 51.3 cm³/mol. The third-order valence-corrected chi connectivity index (χ3v) is 1.27. The number of carboxylic acid groups (broad SMARTS) is 1. The molecule has 0 spiro atoms. The van der Waals surface area contributed by atoms with E-state index >= 15 is 0 Å². The maximum atomic E-state index is 10.4. The molecule has 0 unspecified atom stereocenters. The number of aldehydes is 1. The standard InChI is InChI=1S/C8H6O3.CBN.Na.H/c9-5-6-2-1-3-7(4-6)8(10)11;2-1-3;;/h1-5H,(H,10,11);;;/q;;+1;-1. The Morgan fingerprint density at radius 3 is 2.53 bits per heavy atom. The number of nitriles is 1. The van der Waals surface area contributed by atoms with Gasteiger partial charge in [-0.15, -0.1) is 0 Å². The average molecular weight is 211 g/mol. The third kappa shape index (κ3) is 6.92. The molecule has 0 aliphatic heterocycles. The summed E-state index contributed by atoms with van der Waals surface area (Å²) in [6.07, 6.45) is 0.617. The summed E-state index contributed by atoms with van der Waals surface area (Å²) in [5.41, 5.74) is 0.513. The molecule has 1 aromatic rings. The Balaban J connectivity index is -0.000000306. The van der Waals surface area contributed by atoms with Gasteiger partial charge in [0.25, 0.3) is 0 Å². The van der Waals surface area contributed by atoms with E-state index in [1.807, 2.05) is 0 Å². The van der Waals surface area contributed by atoms with Gasteiger partial charge in [-0.25, -0.2) is 10.1 Å². The van der Waals surface area contributed by atoms with Crippen LogP contribution in [0.5, 0.6) is 0 Å². The van der Waals surface area contributed by atoms with Gasteiger partial charge in [0, 0.05) is 5.56 Å². The minimum absolute atomic E-state index is 0. The molecule has 0 saturated heterocycles. The largest absolute Gasteiger partial charge is 1.00 e. The summed E-state index contributed by atoms with van der Waals surface area (Å²) in [7, 11) is 4.15. The van der Waals surface area contributed by atoms with E-state index in [2.05, 4.69) is 7.85 Å². The van der Waals surface area contributed by atoms with Crippen molar-refractivity contribution >= 4 is 20.1 Å². The van der Waals surface area contributed by atoms with E-state index < -0.39 is 5.97 Å². The van der Waals surface area contributed by atoms with Crippen LogP contribution in [0, 0.1) is 11.2 Å². The quantitative estimate of drug-likeness (QED) is 0.451. The van der Waals surface area contributed by atoms with Crippen LogP contribution in [0.3, 0.4) is 0 Å². The maximum Gasteiger partial charge on any atom is 1.00 e. The maximum absolute atomic E-state index is 10.4. The first-order valence-electron chi connectivity index (χ1n) is 3.54. The van der Waals surface area contributed by atoms with Crippen LogP contribution in [0.1, 0.15) is 22.1 Å². The van der Waals surface area contributed by atoms with Gasteiger partial charge in [0.2, 0.25) is 7.85 Å². The Labute approximate surface area is 112 Å². The topological polar surface area (TPSA) is 78.2 Å². The molecule has 2 radical (unpaired) electrons. The molecule has 0 aromatic heterocycles. The van der Waals surface area contributed by atoms with Crippen molar-refractivity contribution in [3.8, 4) is 5.97 Å². The Morgan fingerprint density at radius 1 is 1.60 bits per heavy atom. The van der Waals surface area contributed by atoms with Crippen molar-refractivity contribution in [2.24, 2.45) is 0 Å². The van der Waals surface area contributed by atoms with Crippen molar-refractivity contribution in [3.63, 3.8) is 0 Å². The van der Waals surface area contributed by atoms with Crippen LogP contribution in [-0.2, 0) is 0 Å². The monoisotopic (exact) mass is 211 g/mol. The smallest absolute Gasteiger partial charge is 1.00 e. The Kier molecular flexibility index (Phi) is 10.3. The van der Waals surface area contributed by atoms with Crippen molar-refractivity contribution in [1.29, 1.82) is 5.26 Å². The van der Waals surface area contributed by atoms with Crippen LogP contribution in [0.2, 0.25) is 0 Å². The molecular weight excluding hydrogens is 204 g/mol. The summed E-state index contributed by atoms with van der Waals surface area (Å²) in [4.78, 5) is 20.5. The minimum atomic E-state index is -1.02. The fraction of sp³-hybridized carbons (Fsp3) is 0. The average Bonchev–Trinajstić information content (AvgIpc) is 2.19. The second-order valence-electron chi connectivity index (χ2n) is 2.18. The van der Waals surface area contributed by atoms with E-state index in [4.69, 9.17) is 10.4 Å². The normalized spacial score (nSPS) is 7.13. The molecule has 0 aliphatic rings. The van der Waals surface area contributed by atoms with Crippen molar-refractivity contribution in [2.45, 2.75) is 0 Å². The minimum Gasteiger partial charge on any atom is -1.00 e. The van der Waals surface area contributed by atoms with Crippen molar-refractivity contribution < 1.29 is 45.7 Å². The number of hydrogen-bond acceptors (Lipinski definition) is 3. The summed E-state index contributed by atoms with van der Waals surface area (Å²) in [6, 6.07) is 5.86. The van der Waals surface area contributed by atoms with Gasteiger partial charge in [0.05, 0.1) is 5.56 Å². The second-order valence-corrected chi connectivity index (χ2v) is 2.18. The molecular formula is C9H7BNNaO3. The summed E-state index contributed by atoms with van der Waals surface area (Å²) >= 11 is 0. The molecule has 0 aliphatic carbocycles. The first-order chi connectivity index (χ1) is 6.65. The van der Waals surface area contributed by atoms with E-state index in [1.165, 1.54) is 24.2 Å². The summed E-state index contributed by atoms with van der Waals surface area (Å²) in [6.45, 7) is 0. The van der Waals surface area contributed by atoms with Gasteiger partial charge in [-0.1, -0.05) is 12.1 Å². The van der Waals surface area contributed by atoms with Gasteiger partial charge in [-0.3, -0.25) is 4.79 Å². The molecule has 0 bridgehead atoms. The van der Waals surface area contributed by atoms with Crippen LogP contribution >= 0.6 is 0 Å². The van der Waals surface area contributed by atoms with Crippen LogP contribution in [0.4, 0.5) is 0 Å². The number of carbonyl (C=O) groups is 2. The van der Waals surface area contributed by atoms with Crippen LogP contribution in [-0.4, -0.2) is 25.2 Å². The molecule has 1 N–H and O–H groups in total. The molecule has 70 valence electrons. The van der Waals surface area contributed by atoms with Crippen LogP contribution in [0.25, 0.3) is 0 Å². The summed E-state index contributed by atoms with van der Waals surface area (Å²) in [5, 5.41) is 15.6. The first kappa shape index (κ1) is 16.3. The van der Waals surface area contributed by atoms with E-state index in [-0.39, 0.29) is 36.5 Å². The molecule has 4 nitrogen and oxygen atoms in total. The second kappa shape index (κ2) is 9.47.